The third-order valence-electron chi connectivity index (χ3n) is 4.11. The Morgan fingerprint density at radius 1 is 1.44 bits per heavy atom. The van der Waals surface area contributed by atoms with E-state index in [0.29, 0.717) is 12.3 Å². The van der Waals surface area contributed by atoms with Crippen molar-refractivity contribution in [2.75, 3.05) is 6.54 Å². The number of imidazole rings is 1. The first kappa shape index (κ1) is 12.4. The van der Waals surface area contributed by atoms with E-state index in [9.17, 15) is 4.79 Å². The highest BCUT2D eigenvalue weighted by Crippen LogP contribution is 2.37. The monoisotopic (exact) mass is 359 g/mol. The van der Waals surface area contributed by atoms with Crippen LogP contribution in [0.25, 0.3) is 0 Å². The van der Waals surface area contributed by atoms with Crippen LogP contribution >= 0.6 is 22.6 Å². The van der Waals surface area contributed by atoms with Crippen molar-refractivity contribution in [3.05, 3.63) is 15.2 Å². The van der Waals surface area contributed by atoms with Gasteiger partial charge in [-0.25, -0.2) is 4.98 Å². The fraction of sp³-hybridized carbons (Fsp3) is 0.692. The highest BCUT2D eigenvalue weighted by molar-refractivity contribution is 14.1. The first-order chi connectivity index (χ1) is 8.70. The Kier molecular flexibility index (Phi) is 3.34. The molecule has 1 aromatic heterocycles. The molecule has 0 saturated heterocycles. The van der Waals surface area contributed by atoms with Gasteiger partial charge in [0.05, 0.1) is 12.2 Å². The maximum absolute atomic E-state index is 11.8. The van der Waals surface area contributed by atoms with E-state index in [4.69, 9.17) is 4.98 Å². The first-order valence-electron chi connectivity index (χ1n) is 6.73. The molecule has 1 amide bonds. The van der Waals surface area contributed by atoms with Crippen LogP contribution in [-0.2, 0) is 17.9 Å². The van der Waals surface area contributed by atoms with Gasteiger partial charge < -0.3 is 9.47 Å². The molecule has 1 aromatic rings. The van der Waals surface area contributed by atoms with Crippen molar-refractivity contribution in [2.45, 2.75) is 51.6 Å². The summed E-state index contributed by atoms with van der Waals surface area (Å²) in [5, 5.41) is 0. The second kappa shape index (κ2) is 4.83. The smallest absolute Gasteiger partial charge is 0.222 e. The van der Waals surface area contributed by atoms with Crippen LogP contribution < -0.4 is 0 Å². The summed E-state index contributed by atoms with van der Waals surface area (Å²) in [6.45, 7) is 4.43. The van der Waals surface area contributed by atoms with Crippen LogP contribution in [0, 0.1) is 3.70 Å². The van der Waals surface area contributed by atoms with Crippen molar-refractivity contribution >= 4 is 28.5 Å². The predicted molar refractivity (Wildman–Crippen MR) is 77.2 cm³/mol. The Labute approximate surface area is 121 Å². The molecule has 2 aliphatic rings. The number of hydrogen-bond donors (Lipinski definition) is 0. The van der Waals surface area contributed by atoms with Crippen molar-refractivity contribution in [1.29, 1.82) is 0 Å². The molecular formula is C13H18IN3O. The number of fused-ring (bicyclic) bond motifs is 1. The summed E-state index contributed by atoms with van der Waals surface area (Å²) < 4.78 is 3.45. The van der Waals surface area contributed by atoms with Gasteiger partial charge in [-0.15, -0.1) is 0 Å². The lowest BCUT2D eigenvalue weighted by atomic mass is 9.85. The molecule has 0 atom stereocenters. The van der Waals surface area contributed by atoms with Gasteiger partial charge in [0, 0.05) is 25.4 Å². The first-order valence-corrected chi connectivity index (χ1v) is 7.81. The highest BCUT2D eigenvalue weighted by atomic mass is 127. The number of halogens is 1. The second-order valence-corrected chi connectivity index (χ2v) is 6.18. The number of aromatic nitrogens is 2. The van der Waals surface area contributed by atoms with E-state index in [1.807, 2.05) is 11.8 Å². The third-order valence-corrected chi connectivity index (χ3v) is 4.98. The van der Waals surface area contributed by atoms with Crippen LogP contribution in [0.5, 0.6) is 0 Å². The Hall–Kier alpha value is -0.590. The summed E-state index contributed by atoms with van der Waals surface area (Å²) in [6.07, 6.45) is 4.50. The summed E-state index contributed by atoms with van der Waals surface area (Å²) in [6, 6.07) is 0. The second-order valence-electron chi connectivity index (χ2n) is 5.16. The molecule has 0 bridgehead atoms. The van der Waals surface area contributed by atoms with Crippen molar-refractivity contribution in [1.82, 2.24) is 14.5 Å². The van der Waals surface area contributed by atoms with Gasteiger partial charge >= 0.3 is 0 Å². The normalized spacial score (nSPS) is 19.6. The summed E-state index contributed by atoms with van der Waals surface area (Å²) in [4.78, 5) is 18.5. The van der Waals surface area contributed by atoms with E-state index in [1.54, 1.807) is 0 Å². The molecule has 0 spiro atoms. The zero-order valence-electron chi connectivity index (χ0n) is 10.7. The zero-order chi connectivity index (χ0) is 12.7. The molecule has 5 heteroatoms. The molecular weight excluding hydrogens is 341 g/mol. The van der Waals surface area contributed by atoms with Gasteiger partial charge in [-0.1, -0.05) is 13.3 Å². The zero-order valence-corrected chi connectivity index (χ0v) is 12.8. The molecule has 4 nitrogen and oxygen atoms in total. The van der Waals surface area contributed by atoms with Crippen molar-refractivity contribution in [3.63, 3.8) is 0 Å². The highest BCUT2D eigenvalue weighted by Gasteiger charge is 2.30. The Balaban J connectivity index is 1.87. The van der Waals surface area contributed by atoms with E-state index < -0.39 is 0 Å². The van der Waals surface area contributed by atoms with E-state index >= 15 is 0 Å². The lowest BCUT2D eigenvalue weighted by molar-refractivity contribution is -0.132. The van der Waals surface area contributed by atoms with Gasteiger partial charge in [-0.2, -0.15) is 0 Å². The van der Waals surface area contributed by atoms with Crippen LogP contribution in [-0.4, -0.2) is 26.9 Å². The lowest BCUT2D eigenvalue weighted by Crippen LogP contribution is -2.38. The van der Waals surface area contributed by atoms with Crippen LogP contribution in [0.4, 0.5) is 0 Å². The van der Waals surface area contributed by atoms with Crippen LogP contribution in [0.2, 0.25) is 0 Å². The number of hydrogen-bond acceptors (Lipinski definition) is 2. The number of amides is 1. The predicted octanol–water partition coefficient (Wildman–Crippen LogP) is 2.51. The van der Waals surface area contributed by atoms with E-state index in [2.05, 4.69) is 27.2 Å². The Bertz CT molecular complexity index is 479. The molecule has 1 fully saturated rings. The molecule has 0 radical (unpaired) electrons. The third kappa shape index (κ3) is 1.96. The Morgan fingerprint density at radius 3 is 2.83 bits per heavy atom. The molecule has 1 aliphatic heterocycles. The van der Waals surface area contributed by atoms with E-state index in [0.717, 1.165) is 23.3 Å². The number of carbonyl (C=O) groups excluding carboxylic acids is 1. The van der Waals surface area contributed by atoms with Gasteiger partial charge in [0.25, 0.3) is 0 Å². The standard InChI is InChI=1S/C13H18IN3O/c1-2-11(18)16-6-7-17-10(8-16)12(14)15-13(17)9-4-3-5-9/h9H,2-8H2,1H3. The quantitative estimate of drug-likeness (QED) is 0.761. The molecule has 18 heavy (non-hydrogen) atoms. The molecule has 0 unspecified atom stereocenters. The molecule has 1 saturated carbocycles. The largest absolute Gasteiger partial charge is 0.335 e. The summed E-state index contributed by atoms with van der Waals surface area (Å²) in [5.74, 6) is 2.19. The summed E-state index contributed by atoms with van der Waals surface area (Å²) in [5.41, 5.74) is 1.24. The number of nitrogens with zero attached hydrogens (tertiary/aromatic N) is 3. The fourth-order valence-electron chi connectivity index (χ4n) is 2.77. The summed E-state index contributed by atoms with van der Waals surface area (Å²) in [7, 11) is 0. The minimum absolute atomic E-state index is 0.253. The van der Waals surface area contributed by atoms with E-state index in [1.165, 1.54) is 30.8 Å². The van der Waals surface area contributed by atoms with Crippen LogP contribution in [0.1, 0.15) is 50.0 Å². The number of rotatable bonds is 2. The van der Waals surface area contributed by atoms with Crippen molar-refractivity contribution in [3.8, 4) is 0 Å². The lowest BCUT2D eigenvalue weighted by Gasteiger charge is -2.31. The average molecular weight is 359 g/mol. The van der Waals surface area contributed by atoms with Crippen molar-refractivity contribution < 1.29 is 4.79 Å². The van der Waals surface area contributed by atoms with Gasteiger partial charge in [0.2, 0.25) is 5.91 Å². The maximum Gasteiger partial charge on any atom is 0.222 e. The minimum atomic E-state index is 0.253. The van der Waals surface area contributed by atoms with Crippen LogP contribution in [0.3, 0.4) is 0 Å². The van der Waals surface area contributed by atoms with Crippen molar-refractivity contribution in [2.24, 2.45) is 0 Å². The van der Waals surface area contributed by atoms with E-state index in [-0.39, 0.29) is 5.91 Å². The molecule has 0 N–H and O–H groups in total. The Morgan fingerprint density at radius 2 is 2.22 bits per heavy atom. The molecule has 0 aromatic carbocycles. The van der Waals surface area contributed by atoms with Crippen LogP contribution in [0.15, 0.2) is 0 Å². The number of carbonyl (C=O) groups is 1. The van der Waals surface area contributed by atoms with Gasteiger partial charge in [0.1, 0.15) is 9.53 Å². The molecule has 3 rings (SSSR count). The van der Waals surface area contributed by atoms with Gasteiger partial charge in [-0.05, 0) is 35.4 Å². The summed E-state index contributed by atoms with van der Waals surface area (Å²) >= 11 is 2.31. The maximum atomic E-state index is 11.8. The van der Waals surface area contributed by atoms with Gasteiger partial charge in [-0.3, -0.25) is 4.79 Å². The molecule has 2 heterocycles. The fourth-order valence-corrected chi connectivity index (χ4v) is 3.48. The SMILES string of the molecule is CCC(=O)N1CCn2c(C3CCC3)nc(I)c2C1. The van der Waals surface area contributed by atoms with Gasteiger partial charge in [0.15, 0.2) is 0 Å². The minimum Gasteiger partial charge on any atom is -0.335 e. The molecule has 1 aliphatic carbocycles. The topological polar surface area (TPSA) is 38.1 Å². The molecule has 98 valence electrons. The average Bonchev–Trinajstić information content (AvgIpc) is 2.63.